The minimum absolute atomic E-state index is 0.247. The number of aryl methyl sites for hydroxylation is 2. The minimum atomic E-state index is -0.247. The number of carbonyl (C=O) groups is 1. The average Bonchev–Trinajstić information content (AvgIpc) is 2.84. The highest BCUT2D eigenvalue weighted by molar-refractivity contribution is 7.16. The number of carbonyl (C=O) groups excluding carboxylic acids is 1. The van der Waals surface area contributed by atoms with Gasteiger partial charge in [0.05, 0.1) is 10.2 Å². The number of para-hydroxylation sites is 1. The van der Waals surface area contributed by atoms with Crippen molar-refractivity contribution in [3.05, 3.63) is 70.5 Å². The molecule has 22 heavy (non-hydrogen) atoms. The molecule has 2 aromatic carbocycles. The zero-order valence-electron chi connectivity index (χ0n) is 12.5. The molecule has 3 aromatic rings. The summed E-state index contributed by atoms with van der Waals surface area (Å²) in [5.41, 5.74) is 3.30. The smallest absolute Gasteiger partial charge is 0.272 e. The maximum absolute atomic E-state index is 12.0. The molecule has 0 bridgehead atoms. The van der Waals surface area contributed by atoms with Crippen LogP contribution in [0.1, 0.15) is 11.1 Å². The first-order chi connectivity index (χ1) is 10.6. The molecule has 0 saturated carbocycles. The lowest BCUT2D eigenvalue weighted by atomic mass is 10.2. The molecule has 0 aliphatic heterocycles. The summed E-state index contributed by atoms with van der Waals surface area (Å²) >= 11 is 1.53. The van der Waals surface area contributed by atoms with Gasteiger partial charge in [0.2, 0.25) is 0 Å². The fourth-order valence-corrected chi connectivity index (χ4v) is 3.47. The number of rotatable bonds is 2. The summed E-state index contributed by atoms with van der Waals surface area (Å²) in [6.45, 7) is 2.07. The van der Waals surface area contributed by atoms with E-state index in [9.17, 15) is 4.79 Å². The third kappa shape index (κ3) is 2.92. The maximum Gasteiger partial charge on any atom is 0.272 e. The Morgan fingerprint density at radius 1 is 1.14 bits per heavy atom. The Morgan fingerprint density at radius 2 is 1.91 bits per heavy atom. The quantitative estimate of drug-likeness (QED) is 0.665. The van der Waals surface area contributed by atoms with Crippen LogP contribution in [0.5, 0.6) is 0 Å². The van der Waals surface area contributed by atoms with Crippen molar-refractivity contribution in [3.63, 3.8) is 0 Å². The van der Waals surface area contributed by atoms with Crippen LogP contribution < -0.4 is 4.80 Å². The molecule has 0 radical (unpaired) electrons. The van der Waals surface area contributed by atoms with Gasteiger partial charge >= 0.3 is 0 Å². The summed E-state index contributed by atoms with van der Waals surface area (Å²) < 4.78 is 3.12. The summed E-state index contributed by atoms with van der Waals surface area (Å²) in [6, 6.07) is 15.9. The van der Waals surface area contributed by atoms with Crippen LogP contribution in [0.2, 0.25) is 0 Å². The molecule has 110 valence electrons. The Morgan fingerprint density at radius 3 is 2.64 bits per heavy atom. The van der Waals surface area contributed by atoms with Gasteiger partial charge in [0.1, 0.15) is 0 Å². The topological polar surface area (TPSA) is 34.4 Å². The number of nitrogens with zero attached hydrogens (tertiary/aromatic N) is 2. The molecule has 0 aliphatic rings. The third-order valence-electron chi connectivity index (χ3n) is 3.45. The molecule has 0 N–H and O–H groups in total. The largest absolute Gasteiger partial charge is 0.319 e. The van der Waals surface area contributed by atoms with Crippen molar-refractivity contribution < 1.29 is 4.79 Å². The molecular weight excluding hydrogens is 292 g/mol. The van der Waals surface area contributed by atoms with Crippen molar-refractivity contribution in [2.45, 2.75) is 6.92 Å². The number of benzene rings is 2. The number of aromatic nitrogens is 1. The molecule has 3 nitrogen and oxygen atoms in total. The van der Waals surface area contributed by atoms with Gasteiger partial charge in [0.15, 0.2) is 4.80 Å². The highest BCUT2D eigenvalue weighted by atomic mass is 32.1. The zero-order chi connectivity index (χ0) is 15.5. The summed E-state index contributed by atoms with van der Waals surface area (Å²) in [7, 11) is 1.94. The molecule has 0 fully saturated rings. The van der Waals surface area contributed by atoms with E-state index in [1.807, 2.05) is 48.0 Å². The second-order valence-electron chi connectivity index (χ2n) is 5.06. The highest BCUT2D eigenvalue weighted by Gasteiger charge is 2.05. The number of thiazole rings is 1. The molecule has 1 heterocycles. The Labute approximate surface area is 132 Å². The van der Waals surface area contributed by atoms with E-state index in [1.54, 1.807) is 6.08 Å². The Bertz CT molecular complexity index is 917. The average molecular weight is 308 g/mol. The van der Waals surface area contributed by atoms with E-state index in [0.717, 1.165) is 15.8 Å². The zero-order valence-corrected chi connectivity index (χ0v) is 13.3. The molecule has 0 unspecified atom stereocenters. The Balaban J connectivity index is 1.95. The minimum Gasteiger partial charge on any atom is -0.319 e. The van der Waals surface area contributed by atoms with Crippen LogP contribution in [0, 0.1) is 6.92 Å². The van der Waals surface area contributed by atoms with Gasteiger partial charge in [-0.1, -0.05) is 53.8 Å². The lowest BCUT2D eigenvalue weighted by Crippen LogP contribution is -2.12. The molecule has 3 rings (SSSR count). The normalized spacial score (nSPS) is 12.4. The third-order valence-corrected chi connectivity index (χ3v) is 4.55. The van der Waals surface area contributed by atoms with Crippen molar-refractivity contribution in [1.29, 1.82) is 0 Å². The standard InChI is InChI=1S/C18H16N2OS/c1-13-7-6-10-15-17(13)20(2)18(22-15)19-16(21)12-11-14-8-4-3-5-9-14/h3-12H,1-2H3/b12-11+,19-18?. The van der Waals surface area contributed by atoms with E-state index in [1.165, 1.54) is 23.0 Å². The summed E-state index contributed by atoms with van der Waals surface area (Å²) in [5.74, 6) is -0.247. The van der Waals surface area contributed by atoms with Crippen molar-refractivity contribution in [1.82, 2.24) is 4.57 Å². The molecule has 1 aromatic heterocycles. The molecular formula is C18H16N2OS. The molecule has 0 aliphatic carbocycles. The summed E-state index contributed by atoms with van der Waals surface area (Å²) in [5, 5.41) is 0. The molecule has 0 atom stereocenters. The molecule has 1 amide bonds. The highest BCUT2D eigenvalue weighted by Crippen LogP contribution is 2.19. The number of hydrogen-bond donors (Lipinski definition) is 0. The van der Waals surface area contributed by atoms with Gasteiger partial charge < -0.3 is 4.57 Å². The van der Waals surface area contributed by atoms with Crippen LogP contribution in [0.25, 0.3) is 16.3 Å². The fourth-order valence-electron chi connectivity index (χ4n) is 2.37. The van der Waals surface area contributed by atoms with E-state index in [2.05, 4.69) is 24.0 Å². The second kappa shape index (κ2) is 6.12. The first-order valence-corrected chi connectivity index (χ1v) is 7.84. The van der Waals surface area contributed by atoms with Crippen LogP contribution in [0.15, 0.2) is 59.6 Å². The van der Waals surface area contributed by atoms with Gasteiger partial charge in [0.25, 0.3) is 5.91 Å². The number of fused-ring (bicyclic) bond motifs is 1. The van der Waals surface area contributed by atoms with E-state index < -0.39 is 0 Å². The van der Waals surface area contributed by atoms with E-state index in [-0.39, 0.29) is 5.91 Å². The number of amides is 1. The SMILES string of the molecule is Cc1cccc2sc(=NC(=O)/C=C/c3ccccc3)n(C)c12. The second-order valence-corrected chi connectivity index (χ2v) is 6.07. The van der Waals surface area contributed by atoms with Crippen molar-refractivity contribution in [2.24, 2.45) is 12.0 Å². The van der Waals surface area contributed by atoms with Crippen LogP contribution in [-0.2, 0) is 11.8 Å². The Hall–Kier alpha value is -2.46. The summed E-state index contributed by atoms with van der Waals surface area (Å²) in [6.07, 6.45) is 3.29. The summed E-state index contributed by atoms with van der Waals surface area (Å²) in [4.78, 5) is 17.0. The molecule has 0 spiro atoms. The van der Waals surface area contributed by atoms with Crippen molar-refractivity contribution in [3.8, 4) is 0 Å². The predicted octanol–water partition coefficient (Wildman–Crippen LogP) is 3.69. The van der Waals surface area contributed by atoms with E-state index >= 15 is 0 Å². The van der Waals surface area contributed by atoms with Gasteiger partial charge in [-0.3, -0.25) is 4.79 Å². The van der Waals surface area contributed by atoms with Gasteiger partial charge in [-0.25, -0.2) is 0 Å². The fraction of sp³-hybridized carbons (Fsp3) is 0.111. The number of hydrogen-bond acceptors (Lipinski definition) is 2. The molecule has 4 heteroatoms. The van der Waals surface area contributed by atoms with Gasteiger partial charge in [-0.15, -0.1) is 0 Å². The van der Waals surface area contributed by atoms with Crippen LogP contribution in [0.3, 0.4) is 0 Å². The van der Waals surface area contributed by atoms with Crippen molar-refractivity contribution >= 4 is 33.5 Å². The van der Waals surface area contributed by atoms with Gasteiger partial charge in [-0.2, -0.15) is 4.99 Å². The lowest BCUT2D eigenvalue weighted by molar-refractivity contribution is -0.113. The van der Waals surface area contributed by atoms with E-state index in [4.69, 9.17) is 0 Å². The van der Waals surface area contributed by atoms with Gasteiger partial charge in [-0.05, 0) is 30.2 Å². The first kappa shape index (κ1) is 14.5. The van der Waals surface area contributed by atoms with E-state index in [0.29, 0.717) is 4.80 Å². The van der Waals surface area contributed by atoms with Crippen LogP contribution >= 0.6 is 11.3 Å². The van der Waals surface area contributed by atoms with Crippen molar-refractivity contribution in [2.75, 3.05) is 0 Å². The van der Waals surface area contributed by atoms with Crippen LogP contribution in [0.4, 0.5) is 0 Å². The monoisotopic (exact) mass is 308 g/mol. The molecule has 0 saturated heterocycles. The first-order valence-electron chi connectivity index (χ1n) is 7.02. The van der Waals surface area contributed by atoms with Gasteiger partial charge in [0, 0.05) is 13.1 Å². The lowest BCUT2D eigenvalue weighted by Gasteiger charge is -1.98. The maximum atomic E-state index is 12.0. The predicted molar refractivity (Wildman–Crippen MR) is 91.6 cm³/mol. The Kier molecular flexibility index (Phi) is 4.02. The van der Waals surface area contributed by atoms with Crippen LogP contribution in [-0.4, -0.2) is 10.5 Å².